The Morgan fingerprint density at radius 2 is 2.16 bits per heavy atom. The van der Waals surface area contributed by atoms with Gasteiger partial charge in [0.2, 0.25) is 10.0 Å². The molecule has 0 saturated heterocycles. The van der Waals surface area contributed by atoms with Gasteiger partial charge in [-0.15, -0.1) is 0 Å². The fourth-order valence-electron chi connectivity index (χ4n) is 1.62. The third-order valence-electron chi connectivity index (χ3n) is 2.52. The lowest BCUT2D eigenvalue weighted by molar-refractivity contribution is 0.0962. The second kappa shape index (κ2) is 4.82. The van der Waals surface area contributed by atoms with Crippen LogP contribution in [0.2, 0.25) is 0 Å². The summed E-state index contributed by atoms with van der Waals surface area (Å²) in [5.41, 5.74) is 0.648. The van der Waals surface area contributed by atoms with Gasteiger partial charge in [0.25, 0.3) is 5.91 Å². The van der Waals surface area contributed by atoms with Crippen LogP contribution in [-0.2, 0) is 10.0 Å². The van der Waals surface area contributed by atoms with Crippen molar-refractivity contribution in [2.45, 2.75) is 4.90 Å². The first-order chi connectivity index (χ1) is 8.93. The quantitative estimate of drug-likeness (QED) is 0.817. The van der Waals surface area contributed by atoms with E-state index in [1.807, 2.05) is 0 Å². The Morgan fingerprint density at radius 3 is 2.68 bits per heavy atom. The van der Waals surface area contributed by atoms with Crippen molar-refractivity contribution < 1.29 is 13.2 Å². The van der Waals surface area contributed by atoms with Gasteiger partial charge in [-0.1, -0.05) is 0 Å². The first-order valence-corrected chi connectivity index (χ1v) is 6.87. The maximum atomic E-state index is 11.8. The molecule has 3 N–H and O–H groups in total. The number of carbonyl (C=O) groups is 1. The summed E-state index contributed by atoms with van der Waals surface area (Å²) in [4.78, 5) is 11.7. The first kappa shape index (κ1) is 13.2. The van der Waals surface area contributed by atoms with Crippen molar-refractivity contribution in [1.29, 1.82) is 0 Å². The molecule has 1 aromatic heterocycles. The molecular weight excluding hydrogens is 268 g/mol. The summed E-state index contributed by atoms with van der Waals surface area (Å²) in [5, 5.41) is 11.5. The van der Waals surface area contributed by atoms with E-state index in [0.29, 0.717) is 5.69 Å². The number of aromatic nitrogens is 2. The maximum Gasteiger partial charge on any atom is 0.253 e. The van der Waals surface area contributed by atoms with Crippen LogP contribution in [0, 0.1) is 0 Å². The number of hydrogen-bond acceptors (Lipinski definition) is 4. The smallest absolute Gasteiger partial charge is 0.253 e. The largest absolute Gasteiger partial charge is 0.355 e. The Labute approximate surface area is 110 Å². The van der Waals surface area contributed by atoms with Crippen molar-refractivity contribution in [1.82, 2.24) is 15.1 Å². The van der Waals surface area contributed by atoms with Gasteiger partial charge in [-0.2, -0.15) is 5.10 Å². The SMILES string of the molecule is CNC(=O)c1cc(S(N)(=O)=O)ccc1-n1cccn1. The lowest BCUT2D eigenvalue weighted by Crippen LogP contribution is -2.21. The van der Waals surface area contributed by atoms with Crippen molar-refractivity contribution in [3.8, 4) is 5.69 Å². The average Bonchev–Trinajstić information content (AvgIpc) is 2.89. The molecule has 1 amide bonds. The molecule has 0 spiro atoms. The Balaban J connectivity index is 2.66. The lowest BCUT2D eigenvalue weighted by Gasteiger charge is -2.10. The molecule has 0 unspecified atom stereocenters. The van der Waals surface area contributed by atoms with Gasteiger partial charge < -0.3 is 5.32 Å². The molecule has 0 aliphatic carbocycles. The van der Waals surface area contributed by atoms with Crippen LogP contribution in [0.1, 0.15) is 10.4 Å². The van der Waals surface area contributed by atoms with E-state index >= 15 is 0 Å². The van der Waals surface area contributed by atoms with E-state index in [4.69, 9.17) is 5.14 Å². The van der Waals surface area contributed by atoms with Crippen molar-refractivity contribution in [3.63, 3.8) is 0 Å². The third-order valence-corrected chi connectivity index (χ3v) is 3.43. The Kier molecular flexibility index (Phi) is 3.36. The maximum absolute atomic E-state index is 11.8. The third kappa shape index (κ3) is 2.64. The number of hydrogen-bond donors (Lipinski definition) is 2. The van der Waals surface area contributed by atoms with E-state index < -0.39 is 15.9 Å². The molecule has 0 aliphatic heterocycles. The molecule has 0 radical (unpaired) electrons. The van der Waals surface area contributed by atoms with Crippen molar-refractivity contribution >= 4 is 15.9 Å². The van der Waals surface area contributed by atoms with Gasteiger partial charge in [0.1, 0.15) is 0 Å². The second-order valence-electron chi connectivity index (χ2n) is 3.75. The number of rotatable bonds is 3. The van der Waals surface area contributed by atoms with Gasteiger partial charge in [-0.3, -0.25) is 4.79 Å². The zero-order chi connectivity index (χ0) is 14.0. The summed E-state index contributed by atoms with van der Waals surface area (Å²) >= 11 is 0. The number of primary sulfonamides is 1. The topological polar surface area (TPSA) is 107 Å². The fraction of sp³-hybridized carbons (Fsp3) is 0.0909. The highest BCUT2D eigenvalue weighted by molar-refractivity contribution is 7.89. The Bertz CT molecular complexity index is 708. The molecule has 19 heavy (non-hydrogen) atoms. The molecule has 2 rings (SSSR count). The Hall–Kier alpha value is -2.19. The highest BCUT2D eigenvalue weighted by atomic mass is 32.2. The second-order valence-corrected chi connectivity index (χ2v) is 5.32. The standard InChI is InChI=1S/C11H12N4O3S/c1-13-11(16)9-7-8(19(12,17)18)3-4-10(9)15-6-2-5-14-15/h2-7H,1H3,(H,13,16)(H2,12,17,18). The molecule has 0 bridgehead atoms. The van der Waals surface area contributed by atoms with Crippen LogP contribution >= 0.6 is 0 Å². The molecule has 0 atom stereocenters. The van der Waals surface area contributed by atoms with Gasteiger partial charge in [0, 0.05) is 19.4 Å². The minimum atomic E-state index is -3.86. The zero-order valence-corrected chi connectivity index (χ0v) is 10.9. The zero-order valence-electron chi connectivity index (χ0n) is 10.1. The van der Waals surface area contributed by atoms with Crippen molar-refractivity contribution in [2.75, 3.05) is 7.05 Å². The van der Waals surface area contributed by atoms with E-state index in [1.165, 1.54) is 29.9 Å². The summed E-state index contributed by atoms with van der Waals surface area (Å²) in [7, 11) is -2.41. The molecule has 100 valence electrons. The summed E-state index contributed by atoms with van der Waals surface area (Å²) < 4.78 is 24.1. The number of amides is 1. The van der Waals surface area contributed by atoms with E-state index in [0.717, 1.165) is 0 Å². The molecule has 0 saturated carbocycles. The highest BCUT2D eigenvalue weighted by Crippen LogP contribution is 2.18. The van der Waals surface area contributed by atoms with E-state index in [1.54, 1.807) is 18.5 Å². The van der Waals surface area contributed by atoms with E-state index in [9.17, 15) is 13.2 Å². The van der Waals surface area contributed by atoms with Crippen molar-refractivity contribution in [2.24, 2.45) is 5.14 Å². The number of carbonyl (C=O) groups excluding carboxylic acids is 1. The minimum absolute atomic E-state index is 0.123. The monoisotopic (exact) mass is 280 g/mol. The predicted molar refractivity (Wildman–Crippen MR) is 68.3 cm³/mol. The molecule has 1 aromatic carbocycles. The number of nitrogens with one attached hydrogen (secondary N) is 1. The van der Waals surface area contributed by atoms with E-state index in [-0.39, 0.29) is 10.5 Å². The highest BCUT2D eigenvalue weighted by Gasteiger charge is 2.16. The molecule has 7 nitrogen and oxygen atoms in total. The molecule has 0 fully saturated rings. The minimum Gasteiger partial charge on any atom is -0.355 e. The van der Waals surface area contributed by atoms with Gasteiger partial charge in [-0.05, 0) is 24.3 Å². The van der Waals surface area contributed by atoms with Crippen LogP contribution in [0.25, 0.3) is 5.69 Å². The van der Waals surface area contributed by atoms with Gasteiger partial charge in [0.05, 0.1) is 16.1 Å². The summed E-state index contributed by atoms with van der Waals surface area (Å²) in [6.45, 7) is 0. The summed E-state index contributed by atoms with van der Waals surface area (Å²) in [6.07, 6.45) is 3.21. The van der Waals surface area contributed by atoms with Crippen LogP contribution in [0.5, 0.6) is 0 Å². The van der Waals surface area contributed by atoms with Crippen LogP contribution in [0.4, 0.5) is 0 Å². The Morgan fingerprint density at radius 1 is 1.42 bits per heavy atom. The predicted octanol–water partition coefficient (Wildman–Crippen LogP) is -0.121. The first-order valence-electron chi connectivity index (χ1n) is 5.32. The molecule has 0 aliphatic rings. The summed E-state index contributed by atoms with van der Waals surface area (Å²) in [6, 6.07) is 5.74. The van der Waals surface area contributed by atoms with Crippen molar-refractivity contribution in [3.05, 3.63) is 42.2 Å². The van der Waals surface area contributed by atoms with Crippen LogP contribution in [0.3, 0.4) is 0 Å². The number of nitrogens with two attached hydrogens (primary N) is 1. The average molecular weight is 280 g/mol. The normalized spacial score (nSPS) is 11.3. The van der Waals surface area contributed by atoms with Crippen LogP contribution < -0.4 is 10.5 Å². The molecule has 8 heteroatoms. The van der Waals surface area contributed by atoms with Crippen LogP contribution in [0.15, 0.2) is 41.6 Å². The van der Waals surface area contributed by atoms with Gasteiger partial charge in [-0.25, -0.2) is 18.2 Å². The summed E-state index contributed by atoms with van der Waals surface area (Å²) in [5.74, 6) is -0.420. The molecular formula is C11H12N4O3S. The van der Waals surface area contributed by atoms with Crippen LogP contribution in [-0.4, -0.2) is 31.2 Å². The number of sulfonamides is 1. The number of benzene rings is 1. The lowest BCUT2D eigenvalue weighted by atomic mass is 10.1. The fourth-order valence-corrected chi connectivity index (χ4v) is 2.16. The molecule has 2 aromatic rings. The van der Waals surface area contributed by atoms with Gasteiger partial charge >= 0.3 is 0 Å². The number of nitrogens with zero attached hydrogens (tertiary/aromatic N) is 2. The molecule has 1 heterocycles. The van der Waals surface area contributed by atoms with Gasteiger partial charge in [0.15, 0.2) is 0 Å². The van der Waals surface area contributed by atoms with E-state index in [2.05, 4.69) is 10.4 Å².